The fourth-order valence-corrected chi connectivity index (χ4v) is 5.90. The maximum Gasteiger partial charge on any atom is 0.357 e. The van der Waals surface area contributed by atoms with Crippen LogP contribution in [0.2, 0.25) is 5.02 Å². The fourth-order valence-electron chi connectivity index (χ4n) is 4.51. The highest BCUT2D eigenvalue weighted by molar-refractivity contribution is 7.15. The van der Waals surface area contributed by atoms with Crippen LogP contribution in [0.3, 0.4) is 0 Å². The zero-order valence-corrected chi connectivity index (χ0v) is 21.4. The van der Waals surface area contributed by atoms with E-state index in [-0.39, 0.29) is 23.2 Å². The molecular formula is C26H24ClN5O3S. The maximum atomic E-state index is 13.0. The molecule has 8 nitrogen and oxygen atoms in total. The molecule has 2 aromatic carbocycles. The van der Waals surface area contributed by atoms with E-state index in [9.17, 15) is 14.9 Å². The number of likely N-dealkylation sites (tertiary alicyclic amines) is 1. The molecule has 10 heteroatoms. The molecule has 36 heavy (non-hydrogen) atoms. The number of nitro groups is 1. The molecule has 3 heterocycles. The summed E-state index contributed by atoms with van der Waals surface area (Å²) in [5.74, 6) is -0.430. The molecule has 0 saturated carbocycles. The van der Waals surface area contributed by atoms with Crippen molar-refractivity contribution < 1.29 is 9.72 Å². The highest BCUT2D eigenvalue weighted by Crippen LogP contribution is 2.42. The van der Waals surface area contributed by atoms with Crippen LogP contribution in [-0.4, -0.2) is 43.6 Å². The van der Waals surface area contributed by atoms with Crippen LogP contribution in [0.15, 0.2) is 54.7 Å². The molecule has 1 saturated heterocycles. The average molecular weight is 522 g/mol. The standard InChI is InChI=1S/C26H24ClN5O3S/c1-16-3-5-18(6-4-16)23-22(17-7-9-20(27)10-8-17)29-24(36-23)19-11-13-31(14-12-19)26(33)21-15-28-30(2)25(21)32(34)35/h3-10,15,19H,11-14H2,1-2H3. The molecule has 1 fully saturated rings. The summed E-state index contributed by atoms with van der Waals surface area (Å²) in [6.45, 7) is 3.08. The quantitative estimate of drug-likeness (QED) is 0.233. The molecule has 0 radical (unpaired) electrons. The number of piperidine rings is 1. The van der Waals surface area contributed by atoms with Crippen LogP contribution in [0.4, 0.5) is 5.82 Å². The van der Waals surface area contributed by atoms with E-state index >= 15 is 0 Å². The lowest BCUT2D eigenvalue weighted by molar-refractivity contribution is -0.392. The van der Waals surface area contributed by atoms with Crippen molar-refractivity contribution in [3.8, 4) is 21.7 Å². The summed E-state index contributed by atoms with van der Waals surface area (Å²) >= 11 is 7.81. The number of aromatic nitrogens is 3. The van der Waals surface area contributed by atoms with E-state index in [1.807, 2.05) is 24.3 Å². The summed E-state index contributed by atoms with van der Waals surface area (Å²) < 4.78 is 1.13. The molecule has 4 aromatic rings. The lowest BCUT2D eigenvalue weighted by Crippen LogP contribution is -2.38. The summed E-state index contributed by atoms with van der Waals surface area (Å²) in [6, 6.07) is 16.2. The van der Waals surface area contributed by atoms with Crippen molar-refractivity contribution in [3.05, 3.63) is 86.0 Å². The molecule has 1 amide bonds. The Hall–Kier alpha value is -3.56. The molecule has 5 rings (SSSR count). The molecule has 0 unspecified atom stereocenters. The van der Waals surface area contributed by atoms with Gasteiger partial charge in [0.05, 0.1) is 21.8 Å². The number of amides is 1. The second kappa shape index (κ2) is 9.83. The SMILES string of the molecule is Cc1ccc(-c2sc(C3CCN(C(=O)c4cnn(C)c4[N+](=O)[O-])CC3)nc2-c2ccc(Cl)cc2)cc1. The molecular weight excluding hydrogens is 498 g/mol. The molecule has 2 aromatic heterocycles. The summed E-state index contributed by atoms with van der Waals surface area (Å²) in [5.41, 5.74) is 4.28. The van der Waals surface area contributed by atoms with Gasteiger partial charge in [-0.25, -0.2) is 4.98 Å². The minimum Gasteiger partial charge on any atom is -0.358 e. The number of thiazole rings is 1. The van der Waals surface area contributed by atoms with Crippen LogP contribution in [0.5, 0.6) is 0 Å². The largest absolute Gasteiger partial charge is 0.358 e. The van der Waals surface area contributed by atoms with Crippen LogP contribution in [0.1, 0.15) is 39.7 Å². The number of benzene rings is 2. The predicted molar refractivity (Wildman–Crippen MR) is 140 cm³/mol. The first-order chi connectivity index (χ1) is 17.3. The minimum atomic E-state index is -0.562. The van der Waals surface area contributed by atoms with Crippen molar-refractivity contribution in [1.82, 2.24) is 19.7 Å². The Labute approximate surface area is 217 Å². The van der Waals surface area contributed by atoms with Crippen LogP contribution in [0, 0.1) is 17.0 Å². The normalized spacial score (nSPS) is 14.2. The number of carbonyl (C=O) groups is 1. The van der Waals surface area contributed by atoms with E-state index < -0.39 is 4.92 Å². The number of nitrogens with zero attached hydrogens (tertiary/aromatic N) is 5. The summed E-state index contributed by atoms with van der Waals surface area (Å²) in [5, 5.41) is 17.0. The number of halogens is 1. The Balaban J connectivity index is 1.39. The molecule has 1 aliphatic heterocycles. The Morgan fingerprint density at radius 1 is 1.08 bits per heavy atom. The smallest absolute Gasteiger partial charge is 0.357 e. The van der Waals surface area contributed by atoms with Crippen LogP contribution < -0.4 is 0 Å². The highest BCUT2D eigenvalue weighted by atomic mass is 35.5. The Morgan fingerprint density at radius 2 is 1.72 bits per heavy atom. The van der Waals surface area contributed by atoms with Gasteiger partial charge < -0.3 is 15.0 Å². The zero-order valence-electron chi connectivity index (χ0n) is 19.8. The molecule has 0 atom stereocenters. The average Bonchev–Trinajstić information content (AvgIpc) is 3.49. The van der Waals surface area contributed by atoms with Gasteiger partial charge in [-0.15, -0.1) is 16.0 Å². The molecule has 0 bridgehead atoms. The second-order valence-corrected chi connectivity index (χ2v) is 10.4. The van der Waals surface area contributed by atoms with Crippen molar-refractivity contribution in [2.45, 2.75) is 25.7 Å². The highest BCUT2D eigenvalue weighted by Gasteiger charge is 2.32. The summed E-state index contributed by atoms with van der Waals surface area (Å²) in [4.78, 5) is 31.7. The van der Waals surface area contributed by atoms with Gasteiger partial charge in [-0.2, -0.15) is 0 Å². The van der Waals surface area contributed by atoms with Crippen LogP contribution in [-0.2, 0) is 7.05 Å². The van der Waals surface area contributed by atoms with E-state index in [1.54, 1.807) is 16.2 Å². The van der Waals surface area contributed by atoms with E-state index in [0.717, 1.165) is 44.2 Å². The van der Waals surface area contributed by atoms with Crippen molar-refractivity contribution in [3.63, 3.8) is 0 Å². The van der Waals surface area contributed by atoms with Crippen molar-refractivity contribution in [1.29, 1.82) is 0 Å². The van der Waals surface area contributed by atoms with Crippen LogP contribution in [0.25, 0.3) is 21.7 Å². The van der Waals surface area contributed by atoms with Gasteiger partial charge in [0.1, 0.15) is 7.05 Å². The molecule has 0 aliphatic carbocycles. The van der Waals surface area contributed by atoms with E-state index in [1.165, 1.54) is 18.8 Å². The Bertz CT molecular complexity index is 1360. The van der Waals surface area contributed by atoms with Gasteiger partial charge in [-0.05, 0) is 42.4 Å². The Kier molecular flexibility index (Phi) is 6.59. The van der Waals surface area contributed by atoms with Gasteiger partial charge in [-0.3, -0.25) is 4.79 Å². The minimum absolute atomic E-state index is 0.0295. The van der Waals surface area contributed by atoms with Crippen molar-refractivity contribution >= 4 is 34.7 Å². The Morgan fingerprint density at radius 3 is 2.36 bits per heavy atom. The first-order valence-corrected chi connectivity index (χ1v) is 12.8. The number of rotatable bonds is 5. The number of hydrogen-bond donors (Lipinski definition) is 0. The fraction of sp³-hybridized carbons (Fsp3) is 0.269. The van der Waals surface area contributed by atoms with Crippen LogP contribution >= 0.6 is 22.9 Å². The van der Waals surface area contributed by atoms with Crippen molar-refractivity contribution in [2.75, 3.05) is 13.1 Å². The van der Waals surface area contributed by atoms with E-state index in [4.69, 9.17) is 16.6 Å². The topological polar surface area (TPSA) is 94.2 Å². The number of carbonyl (C=O) groups excluding carboxylic acids is 1. The van der Waals surface area contributed by atoms with Gasteiger partial charge in [0, 0.05) is 29.6 Å². The number of hydrogen-bond acceptors (Lipinski definition) is 6. The van der Waals surface area contributed by atoms with Crippen molar-refractivity contribution in [2.24, 2.45) is 7.05 Å². The maximum absolute atomic E-state index is 13.0. The zero-order chi connectivity index (χ0) is 25.4. The number of aryl methyl sites for hydroxylation is 2. The van der Waals surface area contributed by atoms with E-state index in [0.29, 0.717) is 18.1 Å². The van der Waals surface area contributed by atoms with Gasteiger partial charge in [0.2, 0.25) is 0 Å². The molecule has 184 valence electrons. The summed E-state index contributed by atoms with van der Waals surface area (Å²) in [7, 11) is 1.47. The lowest BCUT2D eigenvalue weighted by atomic mass is 9.97. The predicted octanol–water partition coefficient (Wildman–Crippen LogP) is 6.10. The molecule has 1 aliphatic rings. The monoisotopic (exact) mass is 521 g/mol. The summed E-state index contributed by atoms with van der Waals surface area (Å²) in [6.07, 6.45) is 2.75. The second-order valence-electron chi connectivity index (χ2n) is 8.93. The lowest BCUT2D eigenvalue weighted by Gasteiger charge is -2.30. The first kappa shape index (κ1) is 24.1. The first-order valence-electron chi connectivity index (χ1n) is 11.6. The van der Waals surface area contributed by atoms with Gasteiger partial charge >= 0.3 is 5.82 Å². The molecule has 0 N–H and O–H groups in total. The third-order valence-corrected chi connectivity index (χ3v) is 8.04. The van der Waals surface area contributed by atoms with Gasteiger partial charge in [0.25, 0.3) is 5.91 Å². The molecule has 0 spiro atoms. The van der Waals surface area contributed by atoms with Gasteiger partial charge in [0.15, 0.2) is 5.56 Å². The third kappa shape index (κ3) is 4.64. The third-order valence-electron chi connectivity index (χ3n) is 6.52. The van der Waals surface area contributed by atoms with Gasteiger partial charge in [-0.1, -0.05) is 58.7 Å². The van der Waals surface area contributed by atoms with E-state index in [2.05, 4.69) is 36.3 Å².